The largest absolute Gasteiger partial charge is 0.391 e. The van der Waals surface area contributed by atoms with Gasteiger partial charge in [0.25, 0.3) is 11.8 Å². The van der Waals surface area contributed by atoms with Crippen molar-refractivity contribution in [3.8, 4) is 11.5 Å². The quantitative estimate of drug-likeness (QED) is 0.570. The van der Waals surface area contributed by atoms with Crippen molar-refractivity contribution in [2.45, 2.75) is 25.5 Å². The number of nitrogens with zero attached hydrogens (tertiary/aromatic N) is 3. The van der Waals surface area contributed by atoms with Crippen LogP contribution in [-0.2, 0) is 22.6 Å². The van der Waals surface area contributed by atoms with Gasteiger partial charge >= 0.3 is 0 Å². The monoisotopic (exact) mass is 464 g/mol. The Labute approximate surface area is 186 Å². The molecule has 7 nitrogen and oxygen atoms in total. The van der Waals surface area contributed by atoms with Gasteiger partial charge in [0.2, 0.25) is 0 Å². The van der Waals surface area contributed by atoms with Crippen LogP contribution >= 0.6 is 34.8 Å². The van der Waals surface area contributed by atoms with Gasteiger partial charge in [0.05, 0.1) is 16.5 Å². The number of halogens is 3. The van der Waals surface area contributed by atoms with E-state index >= 15 is 0 Å². The molecular weight excluding hydrogens is 451 g/mol. The fourth-order valence-corrected chi connectivity index (χ4v) is 3.30. The van der Waals surface area contributed by atoms with Gasteiger partial charge in [0, 0.05) is 23.6 Å². The molecule has 1 N–H and O–H groups in total. The number of oxime groups is 1. The summed E-state index contributed by atoms with van der Waals surface area (Å²) in [5.74, 6) is 0.552. The molecule has 10 heteroatoms. The van der Waals surface area contributed by atoms with Gasteiger partial charge < -0.3 is 14.7 Å². The van der Waals surface area contributed by atoms with Crippen molar-refractivity contribution in [1.82, 2.24) is 15.5 Å². The minimum atomic E-state index is -0.341. The van der Waals surface area contributed by atoms with E-state index in [1.54, 1.807) is 42.5 Å². The molecule has 2 heterocycles. The first-order valence-corrected chi connectivity index (χ1v) is 10.1. The van der Waals surface area contributed by atoms with Crippen LogP contribution in [0.4, 0.5) is 0 Å². The molecule has 1 aliphatic rings. The molecule has 0 saturated heterocycles. The van der Waals surface area contributed by atoms with Gasteiger partial charge in [-0.3, -0.25) is 4.79 Å². The summed E-state index contributed by atoms with van der Waals surface area (Å²) in [4.78, 5) is 22.1. The summed E-state index contributed by atoms with van der Waals surface area (Å²) in [5.41, 5.74) is 1.90. The first-order valence-electron chi connectivity index (χ1n) is 9.01. The lowest BCUT2D eigenvalue weighted by atomic mass is 10.1. The fraction of sp³-hybridized carbons (Fsp3) is 0.200. The Morgan fingerprint density at radius 3 is 2.67 bits per heavy atom. The summed E-state index contributed by atoms with van der Waals surface area (Å²) in [6, 6.07) is 12.3. The van der Waals surface area contributed by atoms with Crippen molar-refractivity contribution in [2.24, 2.45) is 5.16 Å². The summed E-state index contributed by atoms with van der Waals surface area (Å²) in [5, 5.41) is 12.2. The van der Waals surface area contributed by atoms with E-state index < -0.39 is 0 Å². The first kappa shape index (κ1) is 20.7. The van der Waals surface area contributed by atoms with Gasteiger partial charge in [0.15, 0.2) is 5.82 Å². The van der Waals surface area contributed by atoms with Gasteiger partial charge in [-0.25, -0.2) is 0 Å². The van der Waals surface area contributed by atoms with Crippen LogP contribution in [0, 0.1) is 0 Å². The summed E-state index contributed by atoms with van der Waals surface area (Å²) in [6.45, 7) is 0.300. The molecule has 1 atom stereocenters. The van der Waals surface area contributed by atoms with Gasteiger partial charge in [-0.15, -0.1) is 0 Å². The highest BCUT2D eigenvalue weighted by Gasteiger charge is 2.27. The standard InChI is InChI=1S/C20H15Cl3N4O3/c21-13-4-2-12(3-5-13)20-25-18(27-30-20)9-14-8-17(26-29-14)19(28)24-10-11-1-6-15(22)16(23)7-11/h1-7,14H,8-10H2,(H,24,28)/t14-/m1/s1. The molecule has 1 amide bonds. The molecule has 0 aliphatic carbocycles. The number of amides is 1. The van der Waals surface area contributed by atoms with Crippen molar-refractivity contribution in [3.63, 3.8) is 0 Å². The van der Waals surface area contributed by atoms with Crippen LogP contribution in [0.2, 0.25) is 15.1 Å². The first-order chi connectivity index (χ1) is 14.5. The summed E-state index contributed by atoms with van der Waals surface area (Å²) >= 11 is 17.8. The molecule has 30 heavy (non-hydrogen) atoms. The summed E-state index contributed by atoms with van der Waals surface area (Å²) < 4.78 is 5.28. The Morgan fingerprint density at radius 1 is 1.10 bits per heavy atom. The number of rotatable bonds is 6. The SMILES string of the molecule is O=C(NCc1ccc(Cl)c(Cl)c1)C1=NO[C@@H](Cc2noc(-c3ccc(Cl)cc3)n2)C1. The highest BCUT2D eigenvalue weighted by atomic mass is 35.5. The molecule has 0 saturated carbocycles. The fourth-order valence-electron chi connectivity index (χ4n) is 2.86. The zero-order chi connectivity index (χ0) is 21.1. The molecule has 3 aromatic rings. The predicted molar refractivity (Wildman–Crippen MR) is 114 cm³/mol. The third-order valence-corrected chi connectivity index (χ3v) is 5.39. The summed E-state index contributed by atoms with van der Waals surface area (Å²) in [7, 11) is 0. The Morgan fingerprint density at radius 2 is 1.90 bits per heavy atom. The van der Waals surface area contributed by atoms with E-state index in [0.717, 1.165) is 11.1 Å². The normalized spacial score (nSPS) is 15.6. The van der Waals surface area contributed by atoms with Crippen LogP contribution in [0.3, 0.4) is 0 Å². The maximum Gasteiger partial charge on any atom is 0.269 e. The Hall–Kier alpha value is -2.61. The number of benzene rings is 2. The van der Waals surface area contributed by atoms with E-state index in [9.17, 15) is 4.79 Å². The van der Waals surface area contributed by atoms with Crippen LogP contribution in [-0.4, -0.2) is 27.9 Å². The molecule has 1 aliphatic heterocycles. The average Bonchev–Trinajstić information content (AvgIpc) is 3.39. The maximum atomic E-state index is 12.3. The van der Waals surface area contributed by atoms with Crippen molar-refractivity contribution < 1.29 is 14.2 Å². The maximum absolute atomic E-state index is 12.3. The van der Waals surface area contributed by atoms with Crippen LogP contribution in [0.5, 0.6) is 0 Å². The lowest BCUT2D eigenvalue weighted by Gasteiger charge is -2.06. The molecule has 154 valence electrons. The second-order valence-corrected chi connectivity index (χ2v) is 7.88. The van der Waals surface area contributed by atoms with Gasteiger partial charge in [-0.05, 0) is 42.0 Å². The van der Waals surface area contributed by atoms with Gasteiger partial charge in [0.1, 0.15) is 11.8 Å². The Bertz CT molecular complexity index is 1100. The van der Waals surface area contributed by atoms with Crippen LogP contribution in [0.25, 0.3) is 11.5 Å². The lowest BCUT2D eigenvalue weighted by molar-refractivity contribution is -0.115. The molecule has 0 unspecified atom stereocenters. The topological polar surface area (TPSA) is 89.6 Å². The van der Waals surface area contributed by atoms with Crippen molar-refractivity contribution in [1.29, 1.82) is 0 Å². The minimum absolute atomic E-state index is 0.300. The van der Waals surface area contributed by atoms with E-state index in [0.29, 0.717) is 51.9 Å². The second-order valence-electron chi connectivity index (χ2n) is 6.63. The second kappa shape index (κ2) is 9.04. The number of nitrogens with one attached hydrogen (secondary N) is 1. The Kier molecular flexibility index (Phi) is 6.22. The number of aromatic nitrogens is 2. The smallest absolute Gasteiger partial charge is 0.269 e. The zero-order valence-electron chi connectivity index (χ0n) is 15.4. The van der Waals surface area contributed by atoms with Crippen LogP contribution in [0.15, 0.2) is 52.1 Å². The predicted octanol–water partition coefficient (Wildman–Crippen LogP) is 4.70. The van der Waals surface area contributed by atoms with Gasteiger partial charge in [-0.2, -0.15) is 4.98 Å². The highest BCUT2D eigenvalue weighted by Crippen LogP contribution is 2.23. The zero-order valence-corrected chi connectivity index (χ0v) is 17.7. The summed E-state index contributed by atoms with van der Waals surface area (Å²) in [6.07, 6.45) is 0.369. The highest BCUT2D eigenvalue weighted by molar-refractivity contribution is 6.42. The number of hydrogen-bond donors (Lipinski definition) is 1. The number of carbonyl (C=O) groups is 1. The minimum Gasteiger partial charge on any atom is -0.391 e. The lowest BCUT2D eigenvalue weighted by Crippen LogP contribution is -2.30. The molecule has 0 spiro atoms. The van der Waals surface area contributed by atoms with Crippen LogP contribution in [0.1, 0.15) is 17.8 Å². The Balaban J connectivity index is 1.29. The number of hydrogen-bond acceptors (Lipinski definition) is 6. The van der Waals surface area contributed by atoms with E-state index in [2.05, 4.69) is 20.6 Å². The van der Waals surface area contributed by atoms with Crippen molar-refractivity contribution in [2.75, 3.05) is 0 Å². The van der Waals surface area contributed by atoms with E-state index in [1.807, 2.05) is 0 Å². The van der Waals surface area contributed by atoms with Crippen molar-refractivity contribution >= 4 is 46.4 Å². The molecule has 0 radical (unpaired) electrons. The third-order valence-electron chi connectivity index (χ3n) is 4.40. The van der Waals surface area contributed by atoms with E-state index in [1.165, 1.54) is 0 Å². The van der Waals surface area contributed by atoms with E-state index in [4.69, 9.17) is 44.2 Å². The molecule has 2 aromatic carbocycles. The molecule has 0 fully saturated rings. The third kappa shape index (κ3) is 4.92. The molecular formula is C20H15Cl3N4O3. The number of carbonyl (C=O) groups excluding carboxylic acids is 1. The molecule has 4 rings (SSSR count). The molecule has 1 aromatic heterocycles. The van der Waals surface area contributed by atoms with Gasteiger partial charge in [-0.1, -0.05) is 51.2 Å². The molecule has 0 bridgehead atoms. The average molecular weight is 466 g/mol. The van der Waals surface area contributed by atoms with Crippen molar-refractivity contribution in [3.05, 3.63) is 68.9 Å². The van der Waals surface area contributed by atoms with Crippen LogP contribution < -0.4 is 5.32 Å². The van der Waals surface area contributed by atoms with E-state index in [-0.39, 0.29) is 12.0 Å².